The Morgan fingerprint density at radius 2 is 1.88 bits per heavy atom. The van der Waals surface area contributed by atoms with E-state index in [-0.39, 0.29) is 42.1 Å². The molecule has 176 valence electrons. The van der Waals surface area contributed by atoms with Crippen molar-refractivity contribution in [2.75, 3.05) is 19.0 Å². The van der Waals surface area contributed by atoms with Gasteiger partial charge in [-0.15, -0.1) is 0 Å². The van der Waals surface area contributed by atoms with Crippen LogP contribution >= 0.6 is 0 Å². The zero-order chi connectivity index (χ0) is 24.5. The molecule has 0 aliphatic rings. The van der Waals surface area contributed by atoms with Crippen LogP contribution in [0.2, 0.25) is 0 Å². The highest BCUT2D eigenvalue weighted by molar-refractivity contribution is 5.96. The van der Waals surface area contributed by atoms with Crippen LogP contribution in [0.25, 0.3) is 0 Å². The van der Waals surface area contributed by atoms with Gasteiger partial charge in [0.15, 0.2) is 6.10 Å². The zero-order valence-corrected chi connectivity index (χ0v) is 17.7. The number of hydrogen-bond acceptors (Lipinski definition) is 7. The van der Waals surface area contributed by atoms with Gasteiger partial charge in [-0.2, -0.15) is 0 Å². The summed E-state index contributed by atoms with van der Waals surface area (Å²) in [7, 11) is 1.32. The smallest absolute Gasteiger partial charge is 0.306 e. The molecule has 0 aliphatic heterocycles. The van der Waals surface area contributed by atoms with E-state index in [2.05, 4.69) is 10.6 Å². The molecule has 0 aromatic heterocycles. The lowest BCUT2D eigenvalue weighted by Gasteiger charge is -2.15. The van der Waals surface area contributed by atoms with E-state index in [0.29, 0.717) is 6.07 Å². The second kappa shape index (κ2) is 11.5. The maximum atomic E-state index is 13.6. The molecule has 2 aromatic rings. The molecule has 0 heterocycles. The fourth-order valence-electron chi connectivity index (χ4n) is 2.65. The van der Waals surface area contributed by atoms with Crippen LogP contribution in [-0.4, -0.2) is 42.5 Å². The molecular weight excluding hydrogens is 444 g/mol. The fourth-order valence-corrected chi connectivity index (χ4v) is 2.65. The number of carbonyl (C=O) groups is 3. The summed E-state index contributed by atoms with van der Waals surface area (Å²) in [6.45, 7) is 1.33. The van der Waals surface area contributed by atoms with Crippen molar-refractivity contribution < 1.29 is 37.6 Å². The van der Waals surface area contributed by atoms with Crippen LogP contribution in [-0.2, 0) is 14.3 Å². The fraction of sp³-hybridized carbons (Fsp3) is 0.286. The van der Waals surface area contributed by atoms with Crippen LogP contribution in [0, 0.1) is 21.7 Å². The Bertz CT molecular complexity index is 1060. The van der Waals surface area contributed by atoms with Crippen molar-refractivity contribution in [1.82, 2.24) is 5.32 Å². The van der Waals surface area contributed by atoms with E-state index in [4.69, 9.17) is 9.47 Å². The molecule has 12 heteroatoms. The minimum atomic E-state index is -1.22. The molecule has 1 unspecified atom stereocenters. The van der Waals surface area contributed by atoms with E-state index in [1.54, 1.807) is 0 Å². The average molecular weight is 465 g/mol. The monoisotopic (exact) mass is 465 g/mol. The summed E-state index contributed by atoms with van der Waals surface area (Å²) in [5, 5.41) is 15.7. The molecule has 0 fully saturated rings. The number of carbonyl (C=O) groups excluding carboxylic acids is 3. The van der Waals surface area contributed by atoms with Gasteiger partial charge in [0.05, 0.1) is 23.3 Å². The predicted molar refractivity (Wildman–Crippen MR) is 112 cm³/mol. The Kier molecular flexibility index (Phi) is 8.78. The molecule has 2 aromatic carbocycles. The molecule has 2 N–H and O–H groups in total. The number of rotatable bonds is 10. The van der Waals surface area contributed by atoms with Crippen molar-refractivity contribution in [2.45, 2.75) is 25.9 Å². The summed E-state index contributed by atoms with van der Waals surface area (Å²) in [6, 6.07) is 6.17. The average Bonchev–Trinajstić information content (AvgIpc) is 2.76. The van der Waals surface area contributed by atoms with Crippen molar-refractivity contribution >= 4 is 29.2 Å². The van der Waals surface area contributed by atoms with Gasteiger partial charge in [0.25, 0.3) is 17.5 Å². The molecule has 33 heavy (non-hydrogen) atoms. The largest absolute Gasteiger partial charge is 0.495 e. The van der Waals surface area contributed by atoms with Gasteiger partial charge in [-0.05, 0) is 31.5 Å². The predicted octanol–water partition coefficient (Wildman–Crippen LogP) is 2.96. The third-order valence-electron chi connectivity index (χ3n) is 4.35. The first-order valence-corrected chi connectivity index (χ1v) is 9.68. The summed E-state index contributed by atoms with van der Waals surface area (Å²) < 4.78 is 36.5. The first kappa shape index (κ1) is 25.2. The maximum Gasteiger partial charge on any atom is 0.306 e. The molecule has 1 atom stereocenters. The number of hydrogen-bond donors (Lipinski definition) is 2. The molecule has 2 amide bonds. The zero-order valence-electron chi connectivity index (χ0n) is 17.7. The summed E-state index contributed by atoms with van der Waals surface area (Å²) in [4.78, 5) is 46.4. The molecule has 10 nitrogen and oxygen atoms in total. The lowest BCUT2D eigenvalue weighted by Crippen LogP contribution is -2.30. The second-order valence-electron chi connectivity index (χ2n) is 6.75. The number of esters is 1. The highest BCUT2D eigenvalue weighted by Gasteiger charge is 2.21. The third-order valence-corrected chi connectivity index (χ3v) is 4.35. The van der Waals surface area contributed by atoms with Gasteiger partial charge in [-0.1, -0.05) is 0 Å². The first-order chi connectivity index (χ1) is 15.6. The molecule has 0 saturated heterocycles. The normalized spacial score (nSPS) is 11.3. The van der Waals surface area contributed by atoms with Crippen molar-refractivity contribution in [3.63, 3.8) is 0 Å². The van der Waals surface area contributed by atoms with E-state index in [1.165, 1.54) is 26.2 Å². The van der Waals surface area contributed by atoms with Gasteiger partial charge in [0.2, 0.25) is 0 Å². The van der Waals surface area contributed by atoms with E-state index < -0.39 is 40.4 Å². The maximum absolute atomic E-state index is 13.6. The molecule has 0 radical (unpaired) electrons. The van der Waals surface area contributed by atoms with Crippen molar-refractivity contribution in [3.8, 4) is 5.75 Å². The number of nitro benzene ring substituents is 1. The van der Waals surface area contributed by atoms with Gasteiger partial charge in [0, 0.05) is 31.2 Å². The Morgan fingerprint density at radius 1 is 1.15 bits per heavy atom. The summed E-state index contributed by atoms with van der Waals surface area (Å²) in [5.41, 5.74) is -0.561. The number of non-ortho nitro benzene ring substituents is 1. The summed E-state index contributed by atoms with van der Waals surface area (Å²) >= 11 is 0. The van der Waals surface area contributed by atoms with E-state index in [1.807, 2.05) is 0 Å². The summed E-state index contributed by atoms with van der Waals surface area (Å²) in [5.74, 6) is -3.87. The number of halogens is 2. The number of benzene rings is 2. The lowest BCUT2D eigenvalue weighted by molar-refractivity contribution is -0.384. The summed E-state index contributed by atoms with van der Waals surface area (Å²) in [6.07, 6.45) is -1.23. The Morgan fingerprint density at radius 3 is 2.52 bits per heavy atom. The number of nitrogens with zero attached hydrogens (tertiary/aromatic N) is 1. The second-order valence-corrected chi connectivity index (χ2v) is 6.75. The highest BCUT2D eigenvalue weighted by atomic mass is 19.1. The van der Waals surface area contributed by atoms with Crippen LogP contribution in [0.15, 0.2) is 36.4 Å². The quantitative estimate of drug-likeness (QED) is 0.238. The van der Waals surface area contributed by atoms with E-state index in [0.717, 1.165) is 18.2 Å². The first-order valence-electron chi connectivity index (χ1n) is 9.68. The topological polar surface area (TPSA) is 137 Å². The van der Waals surface area contributed by atoms with Crippen LogP contribution in [0.5, 0.6) is 5.75 Å². The van der Waals surface area contributed by atoms with E-state index >= 15 is 0 Å². The minimum Gasteiger partial charge on any atom is -0.495 e. The van der Waals surface area contributed by atoms with Crippen LogP contribution in [0.1, 0.15) is 30.1 Å². The highest BCUT2D eigenvalue weighted by Crippen LogP contribution is 2.29. The molecular formula is C21H21F2N3O7. The van der Waals surface area contributed by atoms with Crippen molar-refractivity contribution in [3.05, 3.63) is 63.7 Å². The minimum absolute atomic E-state index is 0.0101. The van der Waals surface area contributed by atoms with Crippen LogP contribution in [0.4, 0.5) is 20.2 Å². The van der Waals surface area contributed by atoms with E-state index in [9.17, 15) is 33.3 Å². The van der Waals surface area contributed by atoms with Gasteiger partial charge in [0.1, 0.15) is 17.4 Å². The van der Waals surface area contributed by atoms with Crippen LogP contribution < -0.4 is 15.4 Å². The molecule has 0 saturated carbocycles. The Balaban J connectivity index is 1.81. The molecule has 0 spiro atoms. The van der Waals surface area contributed by atoms with Crippen LogP contribution in [0.3, 0.4) is 0 Å². The Hall–Kier alpha value is -4.09. The number of methoxy groups -OCH3 is 1. The SMILES string of the molecule is COc1ccc([N+](=O)[O-])cc1NC(=O)C(C)OC(=O)CCCNC(=O)c1ccc(F)cc1F. The van der Waals surface area contributed by atoms with Gasteiger partial charge in [-0.3, -0.25) is 24.5 Å². The number of ether oxygens (including phenoxy) is 2. The lowest BCUT2D eigenvalue weighted by atomic mass is 10.2. The van der Waals surface area contributed by atoms with Crippen molar-refractivity contribution in [2.24, 2.45) is 0 Å². The van der Waals surface area contributed by atoms with Gasteiger partial charge >= 0.3 is 5.97 Å². The van der Waals surface area contributed by atoms with Gasteiger partial charge < -0.3 is 20.1 Å². The molecule has 0 aliphatic carbocycles. The number of amides is 2. The molecule has 0 bridgehead atoms. The number of anilines is 1. The van der Waals surface area contributed by atoms with Crippen molar-refractivity contribution in [1.29, 1.82) is 0 Å². The number of nitro groups is 1. The van der Waals surface area contributed by atoms with Gasteiger partial charge in [-0.25, -0.2) is 8.78 Å². The standard InChI is InChI=1S/C21H21F2N3O7/c1-12(20(28)25-17-11-14(26(30)31)6-8-18(17)32-2)33-19(27)4-3-9-24-21(29)15-7-5-13(22)10-16(15)23/h5-8,10-12H,3-4,9H2,1-2H3,(H,24,29)(H,25,28). The number of nitrogens with one attached hydrogen (secondary N) is 2. The third kappa shape index (κ3) is 7.23. The Labute approximate surface area is 187 Å². The molecule has 2 rings (SSSR count).